The second kappa shape index (κ2) is 8.48. The summed E-state index contributed by atoms with van der Waals surface area (Å²) in [5, 5.41) is 8.24. The van der Waals surface area contributed by atoms with Crippen LogP contribution in [0, 0.1) is 6.92 Å². The average molecular weight is 398 g/mol. The highest BCUT2D eigenvalue weighted by Crippen LogP contribution is 2.25. The molecule has 0 bridgehead atoms. The Kier molecular flexibility index (Phi) is 6.04. The third kappa shape index (κ3) is 4.54. The number of hydrogen-bond acceptors (Lipinski definition) is 5. The summed E-state index contributed by atoms with van der Waals surface area (Å²) in [6, 6.07) is 14.8. The van der Waals surface area contributed by atoms with E-state index in [1.54, 1.807) is 42.5 Å². The van der Waals surface area contributed by atoms with Crippen molar-refractivity contribution < 1.29 is 13.4 Å². The Bertz CT molecular complexity index is 998. The zero-order valence-corrected chi connectivity index (χ0v) is 17.2. The lowest BCUT2D eigenvalue weighted by Crippen LogP contribution is -2.38. The molecule has 2 aromatic carbocycles. The number of benzene rings is 2. The van der Waals surface area contributed by atoms with Crippen LogP contribution in [-0.2, 0) is 10.8 Å². The summed E-state index contributed by atoms with van der Waals surface area (Å²) in [7, 11) is 0.768. The molecule has 6 nitrogen and oxygen atoms in total. The summed E-state index contributed by atoms with van der Waals surface area (Å²) in [5.74, 6) is 1.19. The standard InChI is InChI=1S/C21H23N3O3S/c1-14-6-5-7-18(12-14)20-23-22-19(27-20)16-8-10-17(11-9-16)21(25)24(3)15(2)13-28(4)26/h5-12,15H,13H2,1-4H3/t15-,28-/m0/s1. The number of aromatic nitrogens is 2. The largest absolute Gasteiger partial charge is 0.416 e. The van der Waals surface area contributed by atoms with E-state index >= 15 is 0 Å². The molecule has 1 aromatic heterocycles. The van der Waals surface area contributed by atoms with Crippen molar-refractivity contribution in [2.24, 2.45) is 0 Å². The molecule has 28 heavy (non-hydrogen) atoms. The first-order valence-corrected chi connectivity index (χ1v) is 10.7. The number of amides is 1. The van der Waals surface area contributed by atoms with Gasteiger partial charge in [-0.25, -0.2) is 0 Å². The third-order valence-electron chi connectivity index (χ3n) is 4.53. The van der Waals surface area contributed by atoms with E-state index in [9.17, 15) is 9.00 Å². The van der Waals surface area contributed by atoms with E-state index in [0.29, 0.717) is 23.1 Å². The van der Waals surface area contributed by atoms with Gasteiger partial charge >= 0.3 is 0 Å². The normalized spacial score (nSPS) is 13.1. The first kappa shape index (κ1) is 19.9. The molecule has 0 aliphatic carbocycles. The second-order valence-corrected chi connectivity index (χ2v) is 8.34. The Morgan fingerprint density at radius 1 is 1.11 bits per heavy atom. The van der Waals surface area contributed by atoms with Crippen LogP contribution in [0.25, 0.3) is 22.9 Å². The summed E-state index contributed by atoms with van der Waals surface area (Å²) in [5.41, 5.74) is 3.28. The number of carbonyl (C=O) groups excluding carboxylic acids is 1. The quantitative estimate of drug-likeness (QED) is 0.636. The first-order valence-electron chi connectivity index (χ1n) is 8.93. The fourth-order valence-electron chi connectivity index (χ4n) is 2.85. The Morgan fingerprint density at radius 2 is 1.75 bits per heavy atom. The third-order valence-corrected chi connectivity index (χ3v) is 5.48. The minimum atomic E-state index is -0.954. The van der Waals surface area contributed by atoms with Crippen molar-refractivity contribution >= 4 is 16.7 Å². The monoisotopic (exact) mass is 397 g/mol. The second-order valence-electron chi connectivity index (χ2n) is 6.86. The summed E-state index contributed by atoms with van der Waals surface area (Å²) < 4.78 is 17.2. The topological polar surface area (TPSA) is 76.3 Å². The molecule has 0 spiro atoms. The molecule has 0 fully saturated rings. The van der Waals surface area contributed by atoms with Gasteiger partial charge in [0.15, 0.2) is 0 Å². The van der Waals surface area contributed by atoms with Gasteiger partial charge in [-0.15, -0.1) is 10.2 Å². The number of aryl methyl sites for hydroxylation is 1. The van der Waals surface area contributed by atoms with Crippen molar-refractivity contribution in [3.63, 3.8) is 0 Å². The van der Waals surface area contributed by atoms with Crippen molar-refractivity contribution in [3.05, 3.63) is 59.7 Å². The van der Waals surface area contributed by atoms with Crippen LogP contribution < -0.4 is 0 Å². The summed E-state index contributed by atoms with van der Waals surface area (Å²) in [4.78, 5) is 14.2. The molecule has 0 aliphatic rings. The van der Waals surface area contributed by atoms with Crippen LogP contribution in [0.5, 0.6) is 0 Å². The van der Waals surface area contributed by atoms with E-state index < -0.39 is 10.8 Å². The van der Waals surface area contributed by atoms with Gasteiger partial charge in [-0.05, 0) is 50.2 Å². The molecule has 3 aromatic rings. The molecule has 0 N–H and O–H groups in total. The van der Waals surface area contributed by atoms with Gasteiger partial charge in [0.1, 0.15) is 0 Å². The van der Waals surface area contributed by atoms with Crippen LogP contribution in [0.4, 0.5) is 0 Å². The zero-order valence-electron chi connectivity index (χ0n) is 16.4. The molecular weight excluding hydrogens is 374 g/mol. The Hall–Kier alpha value is -2.80. The zero-order chi connectivity index (χ0) is 20.3. The first-order chi connectivity index (χ1) is 13.3. The van der Waals surface area contributed by atoms with Crippen molar-refractivity contribution in [2.75, 3.05) is 19.1 Å². The van der Waals surface area contributed by atoms with E-state index in [1.807, 2.05) is 38.1 Å². The van der Waals surface area contributed by atoms with Gasteiger partial charge in [0.2, 0.25) is 11.8 Å². The molecule has 0 saturated heterocycles. The summed E-state index contributed by atoms with van der Waals surface area (Å²) >= 11 is 0. The van der Waals surface area contributed by atoms with Gasteiger partial charge in [-0.3, -0.25) is 9.00 Å². The molecular formula is C21H23N3O3S. The van der Waals surface area contributed by atoms with Gasteiger partial charge in [-0.2, -0.15) is 0 Å². The fraction of sp³-hybridized carbons (Fsp3) is 0.286. The van der Waals surface area contributed by atoms with E-state index in [4.69, 9.17) is 4.42 Å². The molecule has 0 saturated carbocycles. The lowest BCUT2D eigenvalue weighted by atomic mass is 10.1. The molecule has 146 valence electrons. The summed E-state index contributed by atoms with van der Waals surface area (Å²) in [6.07, 6.45) is 1.64. The predicted molar refractivity (Wildman–Crippen MR) is 110 cm³/mol. The van der Waals surface area contributed by atoms with Crippen molar-refractivity contribution in [1.82, 2.24) is 15.1 Å². The highest BCUT2D eigenvalue weighted by atomic mass is 32.2. The number of hydrogen-bond donors (Lipinski definition) is 0. The molecule has 3 rings (SSSR count). The van der Waals surface area contributed by atoms with Crippen LogP contribution >= 0.6 is 0 Å². The number of rotatable bonds is 6. The van der Waals surface area contributed by atoms with Crippen LogP contribution in [0.3, 0.4) is 0 Å². The van der Waals surface area contributed by atoms with Crippen LogP contribution in [0.2, 0.25) is 0 Å². The maximum Gasteiger partial charge on any atom is 0.253 e. The minimum absolute atomic E-state index is 0.106. The van der Waals surface area contributed by atoms with E-state index in [2.05, 4.69) is 10.2 Å². The average Bonchev–Trinajstić information content (AvgIpc) is 3.16. The van der Waals surface area contributed by atoms with Gasteiger partial charge in [-0.1, -0.05) is 17.7 Å². The van der Waals surface area contributed by atoms with Gasteiger partial charge in [0.25, 0.3) is 5.91 Å². The van der Waals surface area contributed by atoms with E-state index in [0.717, 1.165) is 16.7 Å². The number of nitrogens with zero attached hydrogens (tertiary/aromatic N) is 3. The van der Waals surface area contributed by atoms with E-state index in [-0.39, 0.29) is 11.9 Å². The molecule has 2 atom stereocenters. The predicted octanol–water partition coefficient (Wildman–Crippen LogP) is 3.55. The van der Waals surface area contributed by atoms with Crippen LogP contribution in [0.15, 0.2) is 52.9 Å². The smallest absolute Gasteiger partial charge is 0.253 e. The summed E-state index contributed by atoms with van der Waals surface area (Å²) in [6.45, 7) is 3.89. The van der Waals surface area contributed by atoms with Gasteiger partial charge in [0, 0.05) is 52.6 Å². The molecule has 1 heterocycles. The Morgan fingerprint density at radius 3 is 2.36 bits per heavy atom. The lowest BCUT2D eigenvalue weighted by molar-refractivity contribution is 0.0757. The molecule has 0 aliphatic heterocycles. The fourth-order valence-corrected chi connectivity index (χ4v) is 3.75. The maximum absolute atomic E-state index is 12.6. The molecule has 7 heteroatoms. The molecule has 0 unspecified atom stereocenters. The van der Waals surface area contributed by atoms with Crippen molar-refractivity contribution in [1.29, 1.82) is 0 Å². The molecule has 1 amide bonds. The highest BCUT2D eigenvalue weighted by molar-refractivity contribution is 7.84. The van der Waals surface area contributed by atoms with Gasteiger partial charge in [0.05, 0.1) is 0 Å². The van der Waals surface area contributed by atoms with Crippen molar-refractivity contribution in [2.45, 2.75) is 19.9 Å². The highest BCUT2D eigenvalue weighted by Gasteiger charge is 2.19. The Labute approximate surface area is 167 Å². The van der Waals surface area contributed by atoms with E-state index in [1.165, 1.54) is 0 Å². The molecule has 0 radical (unpaired) electrons. The maximum atomic E-state index is 12.6. The SMILES string of the molecule is Cc1cccc(-c2nnc(-c3ccc(C(=O)N(C)[C@@H](C)C[S@](C)=O)cc3)o2)c1. The number of carbonyl (C=O) groups is 1. The Balaban J connectivity index is 1.76. The lowest BCUT2D eigenvalue weighted by Gasteiger charge is -2.24. The van der Waals surface area contributed by atoms with Crippen molar-refractivity contribution in [3.8, 4) is 22.9 Å². The van der Waals surface area contributed by atoms with Gasteiger partial charge < -0.3 is 9.32 Å². The van der Waals surface area contributed by atoms with Crippen LogP contribution in [0.1, 0.15) is 22.8 Å². The van der Waals surface area contributed by atoms with Crippen LogP contribution in [-0.4, -0.2) is 50.3 Å². The minimum Gasteiger partial charge on any atom is -0.416 e.